The normalized spacial score (nSPS) is 24.8. The SMILES string of the molecule is C[C@@H]1CCCC[C@H]1Nc1ccc(C#N)cc1. The van der Waals surface area contributed by atoms with E-state index in [1.807, 2.05) is 24.3 Å². The monoisotopic (exact) mass is 214 g/mol. The van der Waals surface area contributed by atoms with Gasteiger partial charge < -0.3 is 5.32 Å². The highest BCUT2D eigenvalue weighted by molar-refractivity contribution is 5.47. The molecule has 0 aliphatic heterocycles. The molecule has 0 radical (unpaired) electrons. The average molecular weight is 214 g/mol. The maximum atomic E-state index is 8.72. The second-order valence-corrected chi connectivity index (χ2v) is 4.70. The fourth-order valence-corrected chi connectivity index (χ4v) is 2.39. The molecule has 1 aliphatic rings. The summed E-state index contributed by atoms with van der Waals surface area (Å²) in [6.45, 7) is 2.32. The predicted molar refractivity (Wildman–Crippen MR) is 66.2 cm³/mol. The molecule has 84 valence electrons. The van der Waals surface area contributed by atoms with E-state index in [2.05, 4.69) is 18.3 Å². The largest absolute Gasteiger partial charge is 0.382 e. The van der Waals surface area contributed by atoms with Gasteiger partial charge in [-0.25, -0.2) is 0 Å². The number of nitriles is 1. The molecular weight excluding hydrogens is 196 g/mol. The molecule has 2 atom stereocenters. The molecule has 0 amide bonds. The summed E-state index contributed by atoms with van der Waals surface area (Å²) in [6, 6.07) is 10.5. The Balaban J connectivity index is 2.00. The first kappa shape index (κ1) is 11.0. The number of anilines is 1. The highest BCUT2D eigenvalue weighted by Gasteiger charge is 2.20. The minimum atomic E-state index is 0.599. The van der Waals surface area contributed by atoms with Gasteiger partial charge in [0.15, 0.2) is 0 Å². The van der Waals surface area contributed by atoms with Crippen LogP contribution in [0.2, 0.25) is 0 Å². The first-order valence-corrected chi connectivity index (χ1v) is 6.06. The van der Waals surface area contributed by atoms with E-state index < -0.39 is 0 Å². The summed E-state index contributed by atoms with van der Waals surface area (Å²) in [5.41, 5.74) is 1.86. The molecule has 2 rings (SSSR count). The highest BCUT2D eigenvalue weighted by Crippen LogP contribution is 2.26. The molecule has 1 saturated carbocycles. The quantitative estimate of drug-likeness (QED) is 0.817. The maximum Gasteiger partial charge on any atom is 0.0991 e. The topological polar surface area (TPSA) is 35.8 Å². The molecule has 1 N–H and O–H groups in total. The summed E-state index contributed by atoms with van der Waals surface area (Å²) in [4.78, 5) is 0. The van der Waals surface area contributed by atoms with E-state index in [1.165, 1.54) is 25.7 Å². The Hall–Kier alpha value is -1.49. The van der Waals surface area contributed by atoms with Gasteiger partial charge in [-0.3, -0.25) is 0 Å². The highest BCUT2D eigenvalue weighted by atomic mass is 14.9. The van der Waals surface area contributed by atoms with Crippen molar-refractivity contribution in [3.8, 4) is 6.07 Å². The van der Waals surface area contributed by atoms with Gasteiger partial charge in [-0.05, 0) is 43.0 Å². The zero-order chi connectivity index (χ0) is 11.4. The number of hydrogen-bond donors (Lipinski definition) is 1. The lowest BCUT2D eigenvalue weighted by Crippen LogP contribution is -2.30. The fourth-order valence-electron chi connectivity index (χ4n) is 2.39. The van der Waals surface area contributed by atoms with E-state index in [-0.39, 0.29) is 0 Å². The third kappa shape index (κ3) is 2.55. The molecule has 1 aliphatic carbocycles. The molecule has 0 saturated heterocycles. The second kappa shape index (κ2) is 5.03. The molecule has 16 heavy (non-hydrogen) atoms. The van der Waals surface area contributed by atoms with Crippen LogP contribution in [0.25, 0.3) is 0 Å². The Morgan fingerprint density at radius 3 is 2.50 bits per heavy atom. The summed E-state index contributed by atoms with van der Waals surface area (Å²) in [6.07, 6.45) is 5.29. The average Bonchev–Trinajstić information content (AvgIpc) is 2.33. The van der Waals surface area contributed by atoms with Crippen LogP contribution >= 0.6 is 0 Å². The first-order chi connectivity index (χ1) is 7.79. The summed E-state index contributed by atoms with van der Waals surface area (Å²) in [5.74, 6) is 0.754. The van der Waals surface area contributed by atoms with Crippen LogP contribution < -0.4 is 5.32 Å². The summed E-state index contributed by atoms with van der Waals surface area (Å²) >= 11 is 0. The van der Waals surface area contributed by atoms with Gasteiger partial charge in [-0.1, -0.05) is 19.8 Å². The minimum absolute atomic E-state index is 0.599. The zero-order valence-electron chi connectivity index (χ0n) is 9.74. The molecule has 0 aromatic heterocycles. The Morgan fingerprint density at radius 2 is 1.88 bits per heavy atom. The third-order valence-electron chi connectivity index (χ3n) is 3.48. The molecule has 2 nitrogen and oxygen atoms in total. The molecular formula is C14H18N2. The standard InChI is InChI=1S/C14H18N2/c1-11-4-2-3-5-14(11)16-13-8-6-12(10-15)7-9-13/h6-9,11,14,16H,2-5H2,1H3/t11-,14-/m1/s1. The molecule has 0 bridgehead atoms. The second-order valence-electron chi connectivity index (χ2n) is 4.70. The van der Waals surface area contributed by atoms with Crippen molar-refractivity contribution in [1.29, 1.82) is 5.26 Å². The van der Waals surface area contributed by atoms with E-state index in [4.69, 9.17) is 5.26 Å². The van der Waals surface area contributed by atoms with Crippen molar-refractivity contribution < 1.29 is 0 Å². The van der Waals surface area contributed by atoms with Crippen molar-refractivity contribution in [2.24, 2.45) is 5.92 Å². The zero-order valence-corrected chi connectivity index (χ0v) is 9.74. The van der Waals surface area contributed by atoms with Gasteiger partial charge in [-0.15, -0.1) is 0 Å². The van der Waals surface area contributed by atoms with Crippen molar-refractivity contribution in [1.82, 2.24) is 0 Å². The van der Waals surface area contributed by atoms with Crippen LogP contribution in [0.5, 0.6) is 0 Å². The summed E-state index contributed by atoms with van der Waals surface area (Å²) < 4.78 is 0. The van der Waals surface area contributed by atoms with Gasteiger partial charge in [0.1, 0.15) is 0 Å². The van der Waals surface area contributed by atoms with Crippen molar-refractivity contribution in [3.05, 3.63) is 29.8 Å². The van der Waals surface area contributed by atoms with E-state index in [9.17, 15) is 0 Å². The molecule has 0 heterocycles. The van der Waals surface area contributed by atoms with Gasteiger partial charge in [0.05, 0.1) is 11.6 Å². The van der Waals surface area contributed by atoms with Crippen LogP contribution in [0.3, 0.4) is 0 Å². The Kier molecular flexibility index (Phi) is 3.46. The summed E-state index contributed by atoms with van der Waals surface area (Å²) in [7, 11) is 0. The molecule has 1 aromatic carbocycles. The predicted octanol–water partition coefficient (Wildman–Crippen LogP) is 3.55. The third-order valence-corrected chi connectivity index (χ3v) is 3.48. The number of nitrogens with one attached hydrogen (secondary N) is 1. The smallest absolute Gasteiger partial charge is 0.0991 e. The van der Waals surface area contributed by atoms with Crippen molar-refractivity contribution in [3.63, 3.8) is 0 Å². The van der Waals surface area contributed by atoms with Gasteiger partial charge in [0.25, 0.3) is 0 Å². The maximum absolute atomic E-state index is 8.72. The van der Waals surface area contributed by atoms with Crippen LogP contribution in [0.4, 0.5) is 5.69 Å². The van der Waals surface area contributed by atoms with Crippen molar-refractivity contribution >= 4 is 5.69 Å². The van der Waals surface area contributed by atoms with Crippen LogP contribution in [0, 0.1) is 17.2 Å². The van der Waals surface area contributed by atoms with Gasteiger partial charge >= 0.3 is 0 Å². The van der Waals surface area contributed by atoms with Gasteiger partial charge in [-0.2, -0.15) is 5.26 Å². The lowest BCUT2D eigenvalue weighted by atomic mass is 9.86. The Morgan fingerprint density at radius 1 is 1.19 bits per heavy atom. The number of benzene rings is 1. The fraction of sp³-hybridized carbons (Fsp3) is 0.500. The van der Waals surface area contributed by atoms with E-state index >= 15 is 0 Å². The lowest BCUT2D eigenvalue weighted by Gasteiger charge is -2.30. The number of nitrogens with zero attached hydrogens (tertiary/aromatic N) is 1. The van der Waals surface area contributed by atoms with E-state index in [0.29, 0.717) is 6.04 Å². The van der Waals surface area contributed by atoms with Crippen LogP contribution in [-0.2, 0) is 0 Å². The van der Waals surface area contributed by atoms with Gasteiger partial charge in [0.2, 0.25) is 0 Å². The minimum Gasteiger partial charge on any atom is -0.382 e. The molecule has 0 unspecified atom stereocenters. The lowest BCUT2D eigenvalue weighted by molar-refractivity contribution is 0.349. The van der Waals surface area contributed by atoms with Gasteiger partial charge in [0, 0.05) is 11.7 Å². The molecule has 0 spiro atoms. The Bertz CT molecular complexity index is 375. The number of hydrogen-bond acceptors (Lipinski definition) is 2. The van der Waals surface area contributed by atoms with Crippen molar-refractivity contribution in [2.45, 2.75) is 38.6 Å². The number of rotatable bonds is 2. The van der Waals surface area contributed by atoms with Crippen LogP contribution in [0.15, 0.2) is 24.3 Å². The van der Waals surface area contributed by atoms with E-state index in [0.717, 1.165) is 17.2 Å². The van der Waals surface area contributed by atoms with Crippen molar-refractivity contribution in [2.75, 3.05) is 5.32 Å². The molecule has 2 heteroatoms. The van der Waals surface area contributed by atoms with E-state index in [1.54, 1.807) is 0 Å². The Labute approximate surface area is 97.3 Å². The van der Waals surface area contributed by atoms with Crippen LogP contribution in [0.1, 0.15) is 38.2 Å². The summed E-state index contributed by atoms with van der Waals surface area (Å²) in [5, 5.41) is 12.3. The van der Waals surface area contributed by atoms with Crippen LogP contribution in [-0.4, -0.2) is 6.04 Å². The molecule has 1 aromatic rings. The molecule has 1 fully saturated rings. The first-order valence-electron chi connectivity index (χ1n) is 6.06.